The molecule has 3 heterocycles. The molecule has 4 N–H and O–H groups in total. The number of carboxylic acids is 1. The Morgan fingerprint density at radius 1 is 1.09 bits per heavy atom. The van der Waals surface area contributed by atoms with E-state index in [1.54, 1.807) is 24.4 Å². The molecule has 0 spiro atoms. The number of nitrogens with one attached hydrogen (secondary N) is 3. The zero-order chi connectivity index (χ0) is 24.1. The first kappa shape index (κ1) is 21.8. The van der Waals surface area contributed by atoms with Crippen molar-refractivity contribution in [3.8, 4) is 28.3 Å². The Labute approximate surface area is 197 Å². The molecule has 0 radical (unpaired) electrons. The highest BCUT2D eigenvalue weighted by atomic mass is 35.5. The first-order chi connectivity index (χ1) is 16.3. The van der Waals surface area contributed by atoms with Gasteiger partial charge in [-0.3, -0.25) is 4.79 Å². The van der Waals surface area contributed by atoms with Crippen molar-refractivity contribution in [2.24, 2.45) is 0 Å². The average Bonchev–Trinajstić information content (AvgIpc) is 3.49. The van der Waals surface area contributed by atoms with Crippen molar-refractivity contribution in [3.05, 3.63) is 64.7 Å². The molecule has 3 aromatic heterocycles. The first-order valence-electron chi connectivity index (χ1n) is 10.5. The van der Waals surface area contributed by atoms with Gasteiger partial charge in [-0.05, 0) is 41.8 Å². The van der Waals surface area contributed by atoms with E-state index in [2.05, 4.69) is 15.0 Å². The van der Waals surface area contributed by atoms with Crippen LogP contribution in [-0.2, 0) is 4.79 Å². The second kappa shape index (κ2) is 8.07. The molecule has 5 rings (SSSR count). The van der Waals surface area contributed by atoms with Crippen LogP contribution in [-0.4, -0.2) is 32.5 Å². The number of aromatic carboxylic acids is 1. The molecule has 0 fully saturated rings. The van der Waals surface area contributed by atoms with Crippen molar-refractivity contribution in [2.45, 2.75) is 19.8 Å². The van der Waals surface area contributed by atoms with Crippen LogP contribution in [0.1, 0.15) is 35.8 Å². The van der Waals surface area contributed by atoms with E-state index in [0.717, 1.165) is 5.39 Å². The highest BCUT2D eigenvalue weighted by Crippen LogP contribution is 2.46. The van der Waals surface area contributed by atoms with Crippen molar-refractivity contribution in [3.63, 3.8) is 0 Å². The molecule has 0 aliphatic heterocycles. The zero-order valence-corrected chi connectivity index (χ0v) is 18.9. The fraction of sp³-hybridized carbons (Fsp3) is 0.120. The summed E-state index contributed by atoms with van der Waals surface area (Å²) in [5.74, 6) is -1.58. The molecule has 0 aliphatic carbocycles. The Bertz CT molecular complexity index is 1600. The summed E-state index contributed by atoms with van der Waals surface area (Å²) in [4.78, 5) is 32.3. The Balaban J connectivity index is 1.91. The second-order valence-electron chi connectivity index (χ2n) is 8.25. The highest BCUT2D eigenvalue weighted by Gasteiger charge is 2.29. The van der Waals surface area contributed by atoms with Gasteiger partial charge >= 0.3 is 5.97 Å². The standard InChI is InChI=1S/C25H19ClFN3O4/c1-11(2)20-22(21-15-9-19(34-10-31)29-17(15)4-3-16(21)26)24(25(32)33)30-23(20)14-7-12(27)8-18-13(14)5-6-28-18/h3-11,28-30H,1-2H3,(H,32,33). The maximum Gasteiger partial charge on any atom is 0.352 e. The second-order valence-corrected chi connectivity index (χ2v) is 8.65. The Morgan fingerprint density at radius 3 is 2.59 bits per heavy atom. The molecular weight excluding hydrogens is 461 g/mol. The van der Waals surface area contributed by atoms with Gasteiger partial charge in [-0.2, -0.15) is 0 Å². The van der Waals surface area contributed by atoms with Gasteiger partial charge in [-0.15, -0.1) is 0 Å². The van der Waals surface area contributed by atoms with Crippen LogP contribution in [0.4, 0.5) is 4.39 Å². The molecule has 9 heteroatoms. The number of halogens is 2. The van der Waals surface area contributed by atoms with Crippen LogP contribution < -0.4 is 4.74 Å². The van der Waals surface area contributed by atoms with Crippen LogP contribution >= 0.6 is 11.6 Å². The lowest BCUT2D eigenvalue weighted by Gasteiger charge is -2.14. The number of aromatic nitrogens is 3. The largest absolute Gasteiger partial charge is 0.477 e. The minimum atomic E-state index is -1.18. The molecule has 0 amide bonds. The summed E-state index contributed by atoms with van der Waals surface area (Å²) in [5.41, 5.74) is 3.73. The van der Waals surface area contributed by atoms with E-state index < -0.39 is 11.8 Å². The van der Waals surface area contributed by atoms with Gasteiger partial charge in [0.25, 0.3) is 6.47 Å². The van der Waals surface area contributed by atoms with Crippen molar-refractivity contribution in [2.75, 3.05) is 0 Å². The van der Waals surface area contributed by atoms with Crippen LogP contribution in [0.25, 0.3) is 44.2 Å². The summed E-state index contributed by atoms with van der Waals surface area (Å²) in [6.45, 7) is 4.16. The van der Waals surface area contributed by atoms with Gasteiger partial charge in [0.2, 0.25) is 5.88 Å². The van der Waals surface area contributed by atoms with E-state index in [1.807, 2.05) is 19.9 Å². The van der Waals surface area contributed by atoms with Crippen molar-refractivity contribution in [1.29, 1.82) is 0 Å². The van der Waals surface area contributed by atoms with Crippen LogP contribution in [0.5, 0.6) is 5.88 Å². The summed E-state index contributed by atoms with van der Waals surface area (Å²) in [7, 11) is 0. The number of rotatable bonds is 6. The molecule has 0 saturated heterocycles. The zero-order valence-electron chi connectivity index (χ0n) is 18.1. The normalized spacial score (nSPS) is 11.6. The first-order valence-corrected chi connectivity index (χ1v) is 10.9. The molecule has 5 aromatic rings. The predicted octanol–water partition coefficient (Wildman–Crippen LogP) is 6.46. The number of aromatic amines is 3. The number of benzene rings is 2. The molecule has 7 nitrogen and oxygen atoms in total. The molecule has 172 valence electrons. The number of hydrogen-bond donors (Lipinski definition) is 4. The Kier molecular flexibility index (Phi) is 5.17. The lowest BCUT2D eigenvalue weighted by atomic mass is 9.89. The lowest BCUT2D eigenvalue weighted by Crippen LogP contribution is -2.00. The summed E-state index contributed by atoms with van der Waals surface area (Å²) < 4.78 is 19.5. The van der Waals surface area contributed by atoms with Crippen LogP contribution in [0, 0.1) is 5.82 Å². The molecule has 0 aliphatic rings. The molecule has 0 atom stereocenters. The van der Waals surface area contributed by atoms with E-state index in [1.165, 1.54) is 12.1 Å². The Morgan fingerprint density at radius 2 is 1.88 bits per heavy atom. The van der Waals surface area contributed by atoms with Gasteiger partial charge in [-0.25, -0.2) is 9.18 Å². The molecule has 2 aromatic carbocycles. The predicted molar refractivity (Wildman–Crippen MR) is 128 cm³/mol. The quantitative estimate of drug-likeness (QED) is 0.209. The summed E-state index contributed by atoms with van der Waals surface area (Å²) in [5, 5.41) is 11.8. The highest BCUT2D eigenvalue weighted by molar-refractivity contribution is 6.35. The third-order valence-corrected chi connectivity index (χ3v) is 6.20. The third kappa shape index (κ3) is 3.34. The number of hydrogen-bond acceptors (Lipinski definition) is 3. The van der Waals surface area contributed by atoms with Gasteiger partial charge in [-0.1, -0.05) is 25.4 Å². The minimum absolute atomic E-state index is 0.0693. The summed E-state index contributed by atoms with van der Waals surface area (Å²) in [6.07, 6.45) is 1.70. The van der Waals surface area contributed by atoms with Gasteiger partial charge in [0.15, 0.2) is 0 Å². The van der Waals surface area contributed by atoms with E-state index >= 15 is 0 Å². The number of ether oxygens (including phenoxy) is 1. The van der Waals surface area contributed by atoms with E-state index in [-0.39, 0.29) is 17.5 Å². The summed E-state index contributed by atoms with van der Waals surface area (Å²) >= 11 is 6.64. The van der Waals surface area contributed by atoms with Gasteiger partial charge in [0.05, 0.1) is 5.69 Å². The van der Waals surface area contributed by atoms with E-state index in [9.17, 15) is 19.1 Å². The van der Waals surface area contributed by atoms with Gasteiger partial charge in [0, 0.05) is 55.8 Å². The lowest BCUT2D eigenvalue weighted by molar-refractivity contribution is -0.120. The maximum absolute atomic E-state index is 14.5. The van der Waals surface area contributed by atoms with Crippen LogP contribution in [0.15, 0.2) is 42.6 Å². The van der Waals surface area contributed by atoms with Crippen molar-refractivity contribution < 1.29 is 23.8 Å². The van der Waals surface area contributed by atoms with E-state index in [0.29, 0.717) is 55.9 Å². The number of H-pyrrole nitrogens is 3. The number of carbonyl (C=O) groups is 2. The van der Waals surface area contributed by atoms with Gasteiger partial charge < -0.3 is 24.8 Å². The minimum Gasteiger partial charge on any atom is -0.477 e. The SMILES string of the molecule is CC(C)c1c(-c2cc(F)cc3[nH]ccc23)[nH]c(C(=O)O)c1-c1c(Cl)ccc2[nH]c(OC=O)cc12. The van der Waals surface area contributed by atoms with Crippen LogP contribution in [0.3, 0.4) is 0 Å². The fourth-order valence-corrected chi connectivity index (χ4v) is 4.84. The molecule has 0 unspecified atom stereocenters. The monoisotopic (exact) mass is 479 g/mol. The van der Waals surface area contributed by atoms with Gasteiger partial charge in [0.1, 0.15) is 11.5 Å². The van der Waals surface area contributed by atoms with E-state index in [4.69, 9.17) is 16.3 Å². The number of fused-ring (bicyclic) bond motifs is 2. The van der Waals surface area contributed by atoms with Crippen molar-refractivity contribution in [1.82, 2.24) is 15.0 Å². The Hall–Kier alpha value is -4.04. The third-order valence-electron chi connectivity index (χ3n) is 5.89. The number of carboxylic acid groups (broad SMARTS) is 1. The van der Waals surface area contributed by atoms with Crippen molar-refractivity contribution >= 4 is 45.8 Å². The summed E-state index contributed by atoms with van der Waals surface area (Å²) in [6, 6.07) is 9.56. The number of carbonyl (C=O) groups excluding carboxylic acids is 1. The smallest absolute Gasteiger partial charge is 0.352 e. The average molecular weight is 480 g/mol. The molecule has 34 heavy (non-hydrogen) atoms. The molecule has 0 saturated carbocycles. The maximum atomic E-state index is 14.5. The molecule has 0 bridgehead atoms. The molecular formula is C25H19ClFN3O4. The fourth-order valence-electron chi connectivity index (χ4n) is 4.58. The topological polar surface area (TPSA) is 111 Å². The van der Waals surface area contributed by atoms with Crippen LogP contribution in [0.2, 0.25) is 5.02 Å².